The van der Waals surface area contributed by atoms with E-state index in [1.807, 2.05) is 4.90 Å². The van der Waals surface area contributed by atoms with Crippen LogP contribution in [0.1, 0.15) is 39.5 Å². The molecule has 1 aliphatic carbocycles. The summed E-state index contributed by atoms with van der Waals surface area (Å²) in [6.45, 7) is 6.26. The molecule has 15 heavy (non-hydrogen) atoms. The van der Waals surface area contributed by atoms with Crippen LogP contribution in [0.25, 0.3) is 0 Å². The van der Waals surface area contributed by atoms with Gasteiger partial charge in [-0.3, -0.25) is 4.79 Å². The van der Waals surface area contributed by atoms with Crippen molar-refractivity contribution in [1.82, 2.24) is 4.90 Å². The maximum atomic E-state index is 12.0. The van der Waals surface area contributed by atoms with Crippen LogP contribution in [-0.4, -0.2) is 23.9 Å². The topological polar surface area (TPSA) is 20.3 Å². The second kappa shape index (κ2) is 4.38. The van der Waals surface area contributed by atoms with Gasteiger partial charge in [0.15, 0.2) is 0 Å². The number of carbonyl (C=O) groups excluding carboxylic acids is 1. The zero-order valence-corrected chi connectivity index (χ0v) is 9.83. The normalized spacial score (nSPS) is 22.6. The average molecular weight is 207 g/mol. The summed E-state index contributed by atoms with van der Waals surface area (Å²) in [5.41, 5.74) is 1.52. The van der Waals surface area contributed by atoms with Gasteiger partial charge in [-0.1, -0.05) is 31.9 Å². The molecule has 1 saturated carbocycles. The van der Waals surface area contributed by atoms with Crippen LogP contribution in [-0.2, 0) is 4.79 Å². The van der Waals surface area contributed by atoms with Gasteiger partial charge in [-0.15, -0.1) is 0 Å². The molecular formula is C13H21NO. The Balaban J connectivity index is 1.89. The lowest BCUT2D eigenvalue weighted by atomic mass is 9.84. The summed E-state index contributed by atoms with van der Waals surface area (Å²) in [5, 5.41) is 0. The smallest absolute Gasteiger partial charge is 0.225 e. The van der Waals surface area contributed by atoms with Crippen LogP contribution < -0.4 is 0 Å². The molecule has 0 saturated heterocycles. The van der Waals surface area contributed by atoms with E-state index in [1.54, 1.807) is 0 Å². The number of amides is 1. The van der Waals surface area contributed by atoms with Crippen molar-refractivity contribution in [2.75, 3.05) is 13.1 Å². The SMILES string of the molecule is CC(C)C1=CCN(C(=O)C2CCC2)CC1. The van der Waals surface area contributed by atoms with Crippen LogP contribution in [0.4, 0.5) is 0 Å². The van der Waals surface area contributed by atoms with Gasteiger partial charge in [0, 0.05) is 19.0 Å². The number of carbonyl (C=O) groups is 1. The minimum absolute atomic E-state index is 0.360. The third-order valence-electron chi connectivity index (χ3n) is 3.75. The molecule has 1 amide bonds. The lowest BCUT2D eigenvalue weighted by Crippen LogP contribution is -2.41. The molecule has 0 radical (unpaired) electrons. The molecule has 0 aromatic carbocycles. The number of rotatable bonds is 2. The molecule has 0 aromatic heterocycles. The summed E-state index contributed by atoms with van der Waals surface area (Å²) in [5.74, 6) is 1.41. The van der Waals surface area contributed by atoms with Crippen LogP contribution >= 0.6 is 0 Å². The van der Waals surface area contributed by atoms with E-state index in [9.17, 15) is 4.79 Å². The predicted octanol–water partition coefficient (Wildman–Crippen LogP) is 2.60. The first kappa shape index (κ1) is 10.7. The second-order valence-corrected chi connectivity index (χ2v) is 5.10. The van der Waals surface area contributed by atoms with Crippen molar-refractivity contribution in [2.45, 2.75) is 39.5 Å². The molecule has 1 fully saturated rings. The van der Waals surface area contributed by atoms with Crippen LogP contribution in [0.15, 0.2) is 11.6 Å². The van der Waals surface area contributed by atoms with E-state index in [0.29, 0.717) is 17.7 Å². The summed E-state index contributed by atoms with van der Waals surface area (Å²) >= 11 is 0. The van der Waals surface area contributed by atoms with E-state index in [-0.39, 0.29) is 0 Å². The van der Waals surface area contributed by atoms with E-state index in [4.69, 9.17) is 0 Å². The molecule has 0 atom stereocenters. The molecule has 1 heterocycles. The summed E-state index contributed by atoms with van der Waals surface area (Å²) in [4.78, 5) is 14.0. The highest BCUT2D eigenvalue weighted by atomic mass is 16.2. The van der Waals surface area contributed by atoms with Crippen LogP contribution in [0, 0.1) is 11.8 Å². The highest BCUT2D eigenvalue weighted by molar-refractivity contribution is 5.79. The van der Waals surface area contributed by atoms with Crippen molar-refractivity contribution in [3.8, 4) is 0 Å². The Morgan fingerprint density at radius 3 is 2.60 bits per heavy atom. The van der Waals surface area contributed by atoms with E-state index in [1.165, 1.54) is 12.0 Å². The van der Waals surface area contributed by atoms with Crippen LogP contribution in [0.3, 0.4) is 0 Å². The Labute approximate surface area is 92.3 Å². The minimum atomic E-state index is 0.360. The zero-order chi connectivity index (χ0) is 10.8. The van der Waals surface area contributed by atoms with Gasteiger partial charge in [-0.25, -0.2) is 0 Å². The fraction of sp³-hybridized carbons (Fsp3) is 0.769. The number of hydrogen-bond acceptors (Lipinski definition) is 1. The van der Waals surface area contributed by atoms with Gasteiger partial charge >= 0.3 is 0 Å². The van der Waals surface area contributed by atoms with E-state index in [2.05, 4.69) is 19.9 Å². The lowest BCUT2D eigenvalue weighted by molar-refractivity contribution is -0.137. The molecule has 2 heteroatoms. The van der Waals surface area contributed by atoms with Gasteiger partial charge in [0.25, 0.3) is 0 Å². The zero-order valence-electron chi connectivity index (χ0n) is 9.83. The minimum Gasteiger partial charge on any atom is -0.338 e. The van der Waals surface area contributed by atoms with Crippen LogP contribution in [0.5, 0.6) is 0 Å². The van der Waals surface area contributed by atoms with Crippen molar-refractivity contribution >= 4 is 5.91 Å². The van der Waals surface area contributed by atoms with Gasteiger partial charge < -0.3 is 4.90 Å². The average Bonchev–Trinajstić information content (AvgIpc) is 2.15. The molecule has 2 nitrogen and oxygen atoms in total. The van der Waals surface area contributed by atoms with Gasteiger partial charge in [-0.05, 0) is 25.2 Å². The molecule has 0 spiro atoms. The Kier molecular flexibility index (Phi) is 3.13. The lowest BCUT2D eigenvalue weighted by Gasteiger charge is -2.34. The molecule has 0 N–H and O–H groups in total. The number of nitrogens with zero attached hydrogens (tertiary/aromatic N) is 1. The molecule has 0 aromatic rings. The van der Waals surface area contributed by atoms with Crippen molar-refractivity contribution in [3.63, 3.8) is 0 Å². The molecule has 1 aliphatic heterocycles. The number of hydrogen-bond donors (Lipinski definition) is 0. The Morgan fingerprint density at radius 2 is 2.20 bits per heavy atom. The monoisotopic (exact) mass is 207 g/mol. The van der Waals surface area contributed by atoms with E-state index >= 15 is 0 Å². The highest BCUT2D eigenvalue weighted by Gasteiger charge is 2.29. The first-order valence-electron chi connectivity index (χ1n) is 6.16. The fourth-order valence-electron chi connectivity index (χ4n) is 2.32. The Morgan fingerprint density at radius 1 is 1.47 bits per heavy atom. The predicted molar refractivity (Wildman–Crippen MR) is 61.5 cm³/mol. The Bertz CT molecular complexity index is 276. The first-order valence-corrected chi connectivity index (χ1v) is 6.16. The standard InChI is InChI=1S/C13H21NO/c1-10(2)11-6-8-14(9-7-11)13(15)12-4-3-5-12/h6,10,12H,3-5,7-9H2,1-2H3. The molecule has 84 valence electrons. The van der Waals surface area contributed by atoms with Gasteiger partial charge in [0.2, 0.25) is 5.91 Å². The van der Waals surface area contributed by atoms with Gasteiger partial charge in [0.1, 0.15) is 0 Å². The molecule has 2 aliphatic rings. The van der Waals surface area contributed by atoms with Gasteiger partial charge in [0.05, 0.1) is 0 Å². The summed E-state index contributed by atoms with van der Waals surface area (Å²) in [6.07, 6.45) is 6.82. The molecular weight excluding hydrogens is 186 g/mol. The third kappa shape index (κ3) is 2.24. The molecule has 2 rings (SSSR count). The second-order valence-electron chi connectivity index (χ2n) is 5.10. The maximum absolute atomic E-state index is 12.0. The van der Waals surface area contributed by atoms with Crippen molar-refractivity contribution in [2.24, 2.45) is 11.8 Å². The van der Waals surface area contributed by atoms with Crippen molar-refractivity contribution < 1.29 is 4.79 Å². The largest absolute Gasteiger partial charge is 0.338 e. The fourth-order valence-corrected chi connectivity index (χ4v) is 2.32. The van der Waals surface area contributed by atoms with Crippen molar-refractivity contribution in [3.05, 3.63) is 11.6 Å². The quantitative estimate of drug-likeness (QED) is 0.637. The third-order valence-corrected chi connectivity index (χ3v) is 3.75. The maximum Gasteiger partial charge on any atom is 0.225 e. The van der Waals surface area contributed by atoms with Gasteiger partial charge in [-0.2, -0.15) is 0 Å². The Hall–Kier alpha value is -0.790. The summed E-state index contributed by atoms with van der Waals surface area (Å²) < 4.78 is 0. The van der Waals surface area contributed by atoms with E-state index < -0.39 is 0 Å². The van der Waals surface area contributed by atoms with Crippen molar-refractivity contribution in [1.29, 1.82) is 0 Å². The summed E-state index contributed by atoms with van der Waals surface area (Å²) in [6, 6.07) is 0. The molecule has 0 unspecified atom stereocenters. The molecule has 0 bridgehead atoms. The summed E-state index contributed by atoms with van der Waals surface area (Å²) in [7, 11) is 0. The van der Waals surface area contributed by atoms with Crippen LogP contribution in [0.2, 0.25) is 0 Å². The first-order chi connectivity index (χ1) is 7.18. The van der Waals surface area contributed by atoms with E-state index in [0.717, 1.165) is 32.4 Å². The highest BCUT2D eigenvalue weighted by Crippen LogP contribution is 2.29.